The van der Waals surface area contributed by atoms with Crippen LogP contribution < -0.4 is 10.1 Å². The SMILES string of the molecule is CC(=O)c1ccccc1OCC(=O)Nc1ccccc1. The Kier molecular flexibility index (Phi) is 4.50. The van der Waals surface area contributed by atoms with Gasteiger partial charge in [0, 0.05) is 5.69 Å². The summed E-state index contributed by atoms with van der Waals surface area (Å²) in [6.07, 6.45) is 0. The minimum absolute atomic E-state index is 0.0935. The van der Waals surface area contributed by atoms with Gasteiger partial charge in [-0.05, 0) is 31.2 Å². The van der Waals surface area contributed by atoms with E-state index in [-0.39, 0.29) is 18.3 Å². The molecule has 0 bridgehead atoms. The lowest BCUT2D eigenvalue weighted by Gasteiger charge is -2.09. The number of carbonyl (C=O) groups is 2. The first-order chi connectivity index (χ1) is 9.66. The van der Waals surface area contributed by atoms with E-state index in [9.17, 15) is 9.59 Å². The average molecular weight is 269 g/mol. The van der Waals surface area contributed by atoms with Crippen LogP contribution in [0, 0.1) is 0 Å². The number of amides is 1. The van der Waals surface area contributed by atoms with E-state index in [0.717, 1.165) is 0 Å². The third-order valence-electron chi connectivity index (χ3n) is 2.68. The zero-order valence-electron chi connectivity index (χ0n) is 11.1. The smallest absolute Gasteiger partial charge is 0.262 e. The van der Waals surface area contributed by atoms with E-state index in [1.165, 1.54) is 6.92 Å². The molecule has 0 fully saturated rings. The zero-order valence-corrected chi connectivity index (χ0v) is 11.1. The van der Waals surface area contributed by atoms with Gasteiger partial charge in [0.25, 0.3) is 5.91 Å². The summed E-state index contributed by atoms with van der Waals surface area (Å²) in [5.41, 5.74) is 1.18. The van der Waals surface area contributed by atoms with E-state index >= 15 is 0 Å². The van der Waals surface area contributed by atoms with Crippen LogP contribution in [0.2, 0.25) is 0 Å². The van der Waals surface area contributed by atoms with E-state index in [1.807, 2.05) is 18.2 Å². The number of benzene rings is 2. The van der Waals surface area contributed by atoms with Crippen molar-refractivity contribution < 1.29 is 14.3 Å². The summed E-state index contributed by atoms with van der Waals surface area (Å²) in [6, 6.07) is 16.0. The van der Waals surface area contributed by atoms with Crippen molar-refractivity contribution >= 4 is 17.4 Å². The van der Waals surface area contributed by atoms with Gasteiger partial charge >= 0.3 is 0 Å². The molecule has 0 atom stereocenters. The molecule has 0 aliphatic heterocycles. The van der Waals surface area contributed by atoms with Crippen LogP contribution in [0.25, 0.3) is 0 Å². The van der Waals surface area contributed by atoms with Crippen LogP contribution in [-0.2, 0) is 4.79 Å². The standard InChI is InChI=1S/C16H15NO3/c1-12(18)14-9-5-6-10-15(14)20-11-16(19)17-13-7-3-2-4-8-13/h2-10H,11H2,1H3,(H,17,19). The molecular weight excluding hydrogens is 254 g/mol. The van der Waals surface area contributed by atoms with Gasteiger partial charge in [0.15, 0.2) is 12.4 Å². The highest BCUT2D eigenvalue weighted by atomic mass is 16.5. The second-order valence-electron chi connectivity index (χ2n) is 4.26. The fourth-order valence-electron chi connectivity index (χ4n) is 1.75. The van der Waals surface area contributed by atoms with Crippen molar-refractivity contribution in [3.05, 3.63) is 60.2 Å². The summed E-state index contributed by atoms with van der Waals surface area (Å²) in [5.74, 6) is 0.0573. The Morgan fingerprint density at radius 2 is 1.65 bits per heavy atom. The molecule has 4 nitrogen and oxygen atoms in total. The Morgan fingerprint density at radius 3 is 2.35 bits per heavy atom. The normalized spacial score (nSPS) is 9.85. The van der Waals surface area contributed by atoms with Crippen LogP contribution >= 0.6 is 0 Å². The summed E-state index contributed by atoms with van der Waals surface area (Å²) >= 11 is 0. The van der Waals surface area contributed by atoms with Crippen molar-refractivity contribution in [3.8, 4) is 5.75 Å². The molecule has 0 aromatic heterocycles. The maximum Gasteiger partial charge on any atom is 0.262 e. The number of ketones is 1. The molecule has 0 aliphatic rings. The maximum absolute atomic E-state index is 11.7. The summed E-state index contributed by atoms with van der Waals surface area (Å²) in [5, 5.41) is 2.71. The highest BCUT2D eigenvalue weighted by Gasteiger charge is 2.09. The highest BCUT2D eigenvalue weighted by Crippen LogP contribution is 2.18. The van der Waals surface area contributed by atoms with Crippen LogP contribution in [0.15, 0.2) is 54.6 Å². The quantitative estimate of drug-likeness (QED) is 0.849. The molecular formula is C16H15NO3. The summed E-state index contributed by atoms with van der Waals surface area (Å²) in [4.78, 5) is 23.2. The zero-order chi connectivity index (χ0) is 14.4. The van der Waals surface area contributed by atoms with Gasteiger partial charge in [-0.15, -0.1) is 0 Å². The monoisotopic (exact) mass is 269 g/mol. The van der Waals surface area contributed by atoms with Gasteiger partial charge in [-0.3, -0.25) is 9.59 Å². The van der Waals surface area contributed by atoms with E-state index < -0.39 is 0 Å². The molecule has 0 unspecified atom stereocenters. The van der Waals surface area contributed by atoms with Crippen molar-refractivity contribution in [1.29, 1.82) is 0 Å². The molecule has 0 saturated carbocycles. The number of Topliss-reactive ketones (excluding diaryl/α,β-unsaturated/α-hetero) is 1. The van der Waals surface area contributed by atoms with Crippen molar-refractivity contribution in [2.45, 2.75) is 6.92 Å². The topological polar surface area (TPSA) is 55.4 Å². The molecule has 0 saturated heterocycles. The highest BCUT2D eigenvalue weighted by molar-refractivity contribution is 5.97. The molecule has 102 valence electrons. The fraction of sp³-hybridized carbons (Fsp3) is 0.125. The van der Waals surface area contributed by atoms with Crippen molar-refractivity contribution in [1.82, 2.24) is 0 Å². The molecule has 0 radical (unpaired) electrons. The number of hydrogen-bond donors (Lipinski definition) is 1. The predicted octanol–water partition coefficient (Wildman–Crippen LogP) is 2.91. The number of rotatable bonds is 5. The number of hydrogen-bond acceptors (Lipinski definition) is 3. The van der Waals surface area contributed by atoms with Gasteiger partial charge in [-0.25, -0.2) is 0 Å². The second kappa shape index (κ2) is 6.52. The van der Waals surface area contributed by atoms with Gasteiger partial charge in [0.2, 0.25) is 0 Å². The Hall–Kier alpha value is -2.62. The van der Waals surface area contributed by atoms with Crippen LogP contribution in [0.1, 0.15) is 17.3 Å². The molecule has 0 spiro atoms. The first-order valence-electron chi connectivity index (χ1n) is 6.24. The molecule has 2 rings (SSSR count). The molecule has 2 aromatic rings. The van der Waals surface area contributed by atoms with Gasteiger partial charge < -0.3 is 10.1 Å². The van der Waals surface area contributed by atoms with E-state index in [2.05, 4.69) is 5.32 Å². The molecule has 0 aliphatic carbocycles. The fourth-order valence-corrected chi connectivity index (χ4v) is 1.75. The lowest BCUT2D eigenvalue weighted by molar-refractivity contribution is -0.118. The van der Waals surface area contributed by atoms with E-state index in [1.54, 1.807) is 36.4 Å². The Labute approximate surface area is 117 Å². The van der Waals surface area contributed by atoms with Crippen molar-refractivity contribution in [2.24, 2.45) is 0 Å². The van der Waals surface area contributed by atoms with Gasteiger partial charge in [-0.2, -0.15) is 0 Å². The lowest BCUT2D eigenvalue weighted by Crippen LogP contribution is -2.20. The van der Waals surface area contributed by atoms with E-state index in [4.69, 9.17) is 4.74 Å². The van der Waals surface area contributed by atoms with E-state index in [0.29, 0.717) is 17.0 Å². The molecule has 1 N–H and O–H groups in total. The van der Waals surface area contributed by atoms with Gasteiger partial charge in [-0.1, -0.05) is 30.3 Å². The molecule has 4 heteroatoms. The number of carbonyl (C=O) groups excluding carboxylic acids is 2. The third-order valence-corrected chi connectivity index (χ3v) is 2.68. The number of nitrogens with one attached hydrogen (secondary N) is 1. The Balaban J connectivity index is 1.96. The molecule has 20 heavy (non-hydrogen) atoms. The van der Waals surface area contributed by atoms with Gasteiger partial charge in [0.1, 0.15) is 5.75 Å². The molecule has 2 aromatic carbocycles. The van der Waals surface area contributed by atoms with Crippen LogP contribution in [-0.4, -0.2) is 18.3 Å². The largest absolute Gasteiger partial charge is 0.483 e. The van der Waals surface area contributed by atoms with Crippen molar-refractivity contribution in [2.75, 3.05) is 11.9 Å². The summed E-state index contributed by atoms with van der Waals surface area (Å²) < 4.78 is 5.40. The minimum Gasteiger partial charge on any atom is -0.483 e. The predicted molar refractivity (Wildman–Crippen MR) is 77.0 cm³/mol. The van der Waals surface area contributed by atoms with Crippen molar-refractivity contribution in [3.63, 3.8) is 0 Å². The van der Waals surface area contributed by atoms with Crippen LogP contribution in [0.3, 0.4) is 0 Å². The lowest BCUT2D eigenvalue weighted by atomic mass is 10.1. The first kappa shape index (κ1) is 13.8. The maximum atomic E-state index is 11.7. The first-order valence-corrected chi connectivity index (χ1v) is 6.24. The summed E-state index contributed by atoms with van der Waals surface area (Å²) in [7, 11) is 0. The average Bonchev–Trinajstić information content (AvgIpc) is 2.46. The molecule has 0 heterocycles. The number of para-hydroxylation sites is 2. The number of ether oxygens (including phenoxy) is 1. The van der Waals surface area contributed by atoms with Gasteiger partial charge in [0.05, 0.1) is 5.56 Å². The molecule has 1 amide bonds. The minimum atomic E-state index is -0.269. The number of anilines is 1. The Morgan fingerprint density at radius 1 is 1.00 bits per heavy atom. The van der Waals surface area contributed by atoms with Crippen LogP contribution in [0.5, 0.6) is 5.75 Å². The Bertz CT molecular complexity index is 608. The summed E-state index contributed by atoms with van der Waals surface area (Å²) in [6.45, 7) is 1.32. The third kappa shape index (κ3) is 3.68. The van der Waals surface area contributed by atoms with Crippen LogP contribution in [0.4, 0.5) is 5.69 Å². The second-order valence-corrected chi connectivity index (χ2v) is 4.26.